The SMILES string of the molecule is CCN1CCOC(C(NC)c2ccccc2OC(C)C)C1. The molecule has 21 heavy (non-hydrogen) atoms. The van der Waals surface area contributed by atoms with Gasteiger partial charge in [0, 0.05) is 18.7 Å². The third kappa shape index (κ3) is 4.19. The lowest BCUT2D eigenvalue weighted by atomic mass is 9.99. The molecule has 0 aromatic heterocycles. The lowest BCUT2D eigenvalue weighted by molar-refractivity contribution is -0.0449. The molecule has 1 fully saturated rings. The van der Waals surface area contributed by atoms with Gasteiger partial charge in [0.2, 0.25) is 0 Å². The Bertz CT molecular complexity index is 437. The summed E-state index contributed by atoms with van der Waals surface area (Å²) in [7, 11) is 1.99. The Morgan fingerprint density at radius 1 is 1.38 bits per heavy atom. The smallest absolute Gasteiger partial charge is 0.124 e. The zero-order valence-electron chi connectivity index (χ0n) is 13.6. The largest absolute Gasteiger partial charge is 0.491 e. The summed E-state index contributed by atoms with van der Waals surface area (Å²) in [5, 5.41) is 3.41. The topological polar surface area (TPSA) is 33.7 Å². The molecule has 1 aromatic rings. The first-order valence-electron chi connectivity index (χ1n) is 7.92. The summed E-state index contributed by atoms with van der Waals surface area (Å²) in [6.07, 6.45) is 0.323. The molecule has 4 nitrogen and oxygen atoms in total. The number of morpholine rings is 1. The lowest BCUT2D eigenvalue weighted by Crippen LogP contribution is -2.47. The number of para-hydroxylation sites is 1. The van der Waals surface area contributed by atoms with Crippen LogP contribution in [0.5, 0.6) is 5.75 Å². The van der Waals surface area contributed by atoms with Crippen molar-refractivity contribution in [1.82, 2.24) is 10.2 Å². The molecule has 118 valence electrons. The summed E-state index contributed by atoms with van der Waals surface area (Å²) in [6.45, 7) is 10.2. The van der Waals surface area contributed by atoms with Crippen LogP contribution in [0, 0.1) is 0 Å². The Kier molecular flexibility index (Phi) is 6.03. The Hall–Kier alpha value is -1.10. The molecule has 2 rings (SSSR count). The van der Waals surface area contributed by atoms with E-state index < -0.39 is 0 Å². The summed E-state index contributed by atoms with van der Waals surface area (Å²) in [5.74, 6) is 0.948. The van der Waals surface area contributed by atoms with Gasteiger partial charge in [-0.05, 0) is 33.5 Å². The van der Waals surface area contributed by atoms with Crippen molar-refractivity contribution in [1.29, 1.82) is 0 Å². The fourth-order valence-electron chi connectivity index (χ4n) is 2.86. The van der Waals surface area contributed by atoms with Crippen LogP contribution in [0.3, 0.4) is 0 Å². The third-order valence-corrected chi connectivity index (χ3v) is 3.92. The molecule has 0 bridgehead atoms. The van der Waals surface area contributed by atoms with Crippen molar-refractivity contribution in [3.8, 4) is 5.75 Å². The molecule has 1 N–H and O–H groups in total. The molecular formula is C17H28N2O2. The van der Waals surface area contributed by atoms with Gasteiger partial charge in [0.25, 0.3) is 0 Å². The first-order chi connectivity index (χ1) is 10.2. The zero-order chi connectivity index (χ0) is 15.2. The molecule has 2 unspecified atom stereocenters. The Morgan fingerprint density at radius 2 is 2.14 bits per heavy atom. The van der Waals surface area contributed by atoms with Crippen LogP contribution < -0.4 is 10.1 Å². The number of rotatable bonds is 6. The highest BCUT2D eigenvalue weighted by atomic mass is 16.5. The molecular weight excluding hydrogens is 264 g/mol. The standard InChI is InChI=1S/C17H28N2O2/c1-5-19-10-11-20-16(12-19)17(18-4)14-8-6-7-9-15(14)21-13(2)3/h6-9,13,16-18H,5,10-12H2,1-4H3. The maximum absolute atomic E-state index is 6.02. The van der Waals surface area contributed by atoms with Crippen LogP contribution in [-0.2, 0) is 4.74 Å². The van der Waals surface area contributed by atoms with Gasteiger partial charge in [-0.1, -0.05) is 25.1 Å². The summed E-state index contributed by atoms with van der Waals surface area (Å²) in [5.41, 5.74) is 1.18. The van der Waals surface area contributed by atoms with Gasteiger partial charge in [-0.3, -0.25) is 4.90 Å². The highest BCUT2D eigenvalue weighted by Crippen LogP contribution is 2.30. The van der Waals surface area contributed by atoms with Gasteiger partial charge in [0.15, 0.2) is 0 Å². The number of likely N-dealkylation sites (N-methyl/N-ethyl adjacent to an activating group) is 2. The molecule has 0 radical (unpaired) electrons. The van der Waals surface area contributed by atoms with Crippen LogP contribution in [-0.4, -0.2) is 50.4 Å². The molecule has 1 saturated heterocycles. The van der Waals surface area contributed by atoms with Crippen LogP contribution in [0.4, 0.5) is 0 Å². The Balaban J connectivity index is 2.20. The highest BCUT2D eigenvalue weighted by Gasteiger charge is 2.29. The third-order valence-electron chi connectivity index (χ3n) is 3.92. The molecule has 1 aliphatic rings. The second-order valence-electron chi connectivity index (χ2n) is 5.77. The first-order valence-corrected chi connectivity index (χ1v) is 7.92. The summed E-state index contributed by atoms with van der Waals surface area (Å²) < 4.78 is 12.0. The molecule has 0 spiro atoms. The predicted molar refractivity (Wildman–Crippen MR) is 85.9 cm³/mol. The van der Waals surface area contributed by atoms with Gasteiger partial charge in [0.1, 0.15) is 5.75 Å². The van der Waals surface area contributed by atoms with E-state index in [0.717, 1.165) is 32.0 Å². The predicted octanol–water partition coefficient (Wildman–Crippen LogP) is 2.46. The van der Waals surface area contributed by atoms with Crippen molar-refractivity contribution in [2.24, 2.45) is 0 Å². The molecule has 1 aliphatic heterocycles. The van der Waals surface area contributed by atoms with E-state index in [9.17, 15) is 0 Å². The fourth-order valence-corrected chi connectivity index (χ4v) is 2.86. The van der Waals surface area contributed by atoms with E-state index in [0.29, 0.717) is 0 Å². The monoisotopic (exact) mass is 292 g/mol. The summed E-state index contributed by atoms with van der Waals surface area (Å²) >= 11 is 0. The minimum absolute atomic E-state index is 0.147. The van der Waals surface area contributed by atoms with Crippen molar-refractivity contribution in [2.45, 2.75) is 39.0 Å². The highest BCUT2D eigenvalue weighted by molar-refractivity contribution is 5.37. The van der Waals surface area contributed by atoms with Crippen molar-refractivity contribution < 1.29 is 9.47 Å². The van der Waals surface area contributed by atoms with Crippen LogP contribution >= 0.6 is 0 Å². The van der Waals surface area contributed by atoms with E-state index in [-0.39, 0.29) is 18.2 Å². The minimum atomic E-state index is 0.147. The second kappa shape index (κ2) is 7.78. The van der Waals surface area contributed by atoms with E-state index in [1.165, 1.54) is 5.56 Å². The van der Waals surface area contributed by atoms with Crippen molar-refractivity contribution >= 4 is 0 Å². The number of nitrogens with one attached hydrogen (secondary N) is 1. The van der Waals surface area contributed by atoms with E-state index in [4.69, 9.17) is 9.47 Å². The molecule has 4 heteroatoms. The molecule has 1 heterocycles. The average Bonchev–Trinajstić information content (AvgIpc) is 2.49. The molecule has 0 amide bonds. The van der Waals surface area contributed by atoms with Gasteiger partial charge in [-0.2, -0.15) is 0 Å². The lowest BCUT2D eigenvalue weighted by Gasteiger charge is -2.37. The van der Waals surface area contributed by atoms with Gasteiger partial charge < -0.3 is 14.8 Å². The van der Waals surface area contributed by atoms with Crippen molar-refractivity contribution in [2.75, 3.05) is 33.3 Å². The van der Waals surface area contributed by atoms with Crippen LogP contribution in [0.15, 0.2) is 24.3 Å². The first kappa shape index (κ1) is 16.3. The molecule has 0 saturated carbocycles. The maximum Gasteiger partial charge on any atom is 0.124 e. The molecule has 2 atom stereocenters. The van der Waals surface area contributed by atoms with Gasteiger partial charge in [-0.25, -0.2) is 0 Å². The Labute approximate surface area is 128 Å². The van der Waals surface area contributed by atoms with Crippen molar-refractivity contribution in [3.63, 3.8) is 0 Å². The number of nitrogens with zero attached hydrogens (tertiary/aromatic N) is 1. The summed E-state index contributed by atoms with van der Waals surface area (Å²) in [6, 6.07) is 8.41. The Morgan fingerprint density at radius 3 is 2.81 bits per heavy atom. The number of hydrogen-bond acceptors (Lipinski definition) is 4. The number of hydrogen-bond donors (Lipinski definition) is 1. The molecule has 0 aliphatic carbocycles. The fraction of sp³-hybridized carbons (Fsp3) is 0.647. The number of benzene rings is 1. The second-order valence-corrected chi connectivity index (χ2v) is 5.77. The van der Waals surface area contributed by atoms with E-state index >= 15 is 0 Å². The van der Waals surface area contributed by atoms with E-state index in [1.54, 1.807) is 0 Å². The van der Waals surface area contributed by atoms with Crippen molar-refractivity contribution in [3.05, 3.63) is 29.8 Å². The summed E-state index contributed by atoms with van der Waals surface area (Å²) in [4.78, 5) is 2.43. The quantitative estimate of drug-likeness (QED) is 0.873. The van der Waals surface area contributed by atoms with E-state index in [1.807, 2.05) is 19.2 Å². The molecule has 1 aromatic carbocycles. The van der Waals surface area contributed by atoms with Gasteiger partial charge >= 0.3 is 0 Å². The average molecular weight is 292 g/mol. The van der Waals surface area contributed by atoms with Gasteiger partial charge in [0.05, 0.1) is 24.9 Å². The minimum Gasteiger partial charge on any atom is -0.491 e. The number of ether oxygens (including phenoxy) is 2. The van der Waals surface area contributed by atoms with E-state index in [2.05, 4.69) is 43.1 Å². The zero-order valence-corrected chi connectivity index (χ0v) is 13.6. The van der Waals surface area contributed by atoms with Crippen LogP contribution in [0.25, 0.3) is 0 Å². The van der Waals surface area contributed by atoms with Crippen LogP contribution in [0.1, 0.15) is 32.4 Å². The van der Waals surface area contributed by atoms with Gasteiger partial charge in [-0.15, -0.1) is 0 Å². The normalized spacial score (nSPS) is 21.5. The maximum atomic E-state index is 6.02. The van der Waals surface area contributed by atoms with Crippen LogP contribution in [0.2, 0.25) is 0 Å².